The van der Waals surface area contributed by atoms with Gasteiger partial charge in [-0.3, -0.25) is 4.79 Å². The van der Waals surface area contributed by atoms with Crippen LogP contribution in [0.4, 0.5) is 8.78 Å². The van der Waals surface area contributed by atoms with Crippen LogP contribution in [0, 0.1) is 0 Å². The molecule has 1 aliphatic rings. The summed E-state index contributed by atoms with van der Waals surface area (Å²) in [7, 11) is -2.40. The minimum Gasteiger partial charge on any atom is -0.493 e. The molecule has 0 aliphatic carbocycles. The molecule has 7 nitrogen and oxygen atoms in total. The summed E-state index contributed by atoms with van der Waals surface area (Å²) in [5, 5.41) is 4.39. The Kier molecular flexibility index (Phi) is 6.70. The maximum absolute atomic E-state index is 12.8. The molecule has 158 valence electrons. The Labute approximate surface area is 171 Å². The van der Waals surface area contributed by atoms with Gasteiger partial charge in [-0.05, 0) is 42.0 Å². The Morgan fingerprint density at radius 1 is 1.34 bits per heavy atom. The molecule has 1 amide bonds. The molecule has 1 aromatic heterocycles. The quantitative estimate of drug-likeness (QED) is 0.674. The highest BCUT2D eigenvalue weighted by Crippen LogP contribution is 2.30. The summed E-state index contributed by atoms with van der Waals surface area (Å²) in [4.78, 5) is 12.6. The Hall–Kier alpha value is -2.24. The Morgan fingerprint density at radius 3 is 2.79 bits per heavy atom. The molecule has 0 spiro atoms. The molecule has 11 heteroatoms. The predicted octanol–water partition coefficient (Wildman–Crippen LogP) is 2.83. The fourth-order valence-corrected chi connectivity index (χ4v) is 5.91. The number of rotatable bonds is 8. The molecule has 1 atom stereocenters. The number of alkyl halides is 2. The van der Waals surface area contributed by atoms with Crippen molar-refractivity contribution in [2.45, 2.75) is 36.2 Å². The van der Waals surface area contributed by atoms with E-state index in [-0.39, 0.29) is 28.8 Å². The largest absolute Gasteiger partial charge is 0.493 e. The third-order valence-corrected chi connectivity index (χ3v) is 7.76. The highest BCUT2D eigenvalue weighted by Gasteiger charge is 2.39. The van der Waals surface area contributed by atoms with Gasteiger partial charge < -0.3 is 14.8 Å². The standard InChI is InChI=1S/C18H20F2N2O5S2/c1-26-15-10-12(6-7-14(15)27-18(19)20)11-21-17(23)13-4-2-8-22(13)29(24,25)16-5-3-9-28-16/h3,5-7,9-10,13,18H,2,4,8,11H2,1H3,(H,21,23)/t13-/m0/s1. The van der Waals surface area contributed by atoms with Gasteiger partial charge >= 0.3 is 6.61 Å². The number of carbonyl (C=O) groups excluding carboxylic acids is 1. The number of ether oxygens (including phenoxy) is 2. The number of thiophene rings is 1. The molecule has 2 aromatic rings. The average molecular weight is 446 g/mol. The van der Waals surface area contributed by atoms with Crippen LogP contribution in [0.25, 0.3) is 0 Å². The first kappa shape index (κ1) is 21.5. The van der Waals surface area contributed by atoms with E-state index in [2.05, 4.69) is 10.1 Å². The monoisotopic (exact) mass is 446 g/mol. The molecular weight excluding hydrogens is 426 g/mol. The van der Waals surface area contributed by atoms with Crippen LogP contribution in [0.1, 0.15) is 18.4 Å². The summed E-state index contributed by atoms with van der Waals surface area (Å²) in [5.74, 6) is -0.407. The number of nitrogens with zero attached hydrogens (tertiary/aromatic N) is 1. The highest BCUT2D eigenvalue weighted by molar-refractivity contribution is 7.91. The van der Waals surface area contributed by atoms with Crippen molar-refractivity contribution in [2.75, 3.05) is 13.7 Å². The summed E-state index contributed by atoms with van der Waals surface area (Å²) in [6.45, 7) is -2.60. The molecule has 0 saturated carbocycles. The topological polar surface area (TPSA) is 84.9 Å². The zero-order chi connectivity index (χ0) is 21.0. The molecule has 0 bridgehead atoms. The van der Waals surface area contributed by atoms with Gasteiger partial charge in [0.1, 0.15) is 10.3 Å². The number of methoxy groups -OCH3 is 1. The van der Waals surface area contributed by atoms with Crippen molar-refractivity contribution < 1.29 is 31.5 Å². The fourth-order valence-electron chi connectivity index (χ4n) is 3.14. The van der Waals surface area contributed by atoms with Crippen molar-refractivity contribution in [1.82, 2.24) is 9.62 Å². The van der Waals surface area contributed by atoms with Crippen molar-refractivity contribution in [3.63, 3.8) is 0 Å². The minimum absolute atomic E-state index is 0.0908. The summed E-state index contributed by atoms with van der Waals surface area (Å²) in [6.07, 6.45) is 1.02. The van der Waals surface area contributed by atoms with E-state index in [9.17, 15) is 22.0 Å². The van der Waals surface area contributed by atoms with E-state index >= 15 is 0 Å². The van der Waals surface area contributed by atoms with Crippen molar-refractivity contribution >= 4 is 27.3 Å². The van der Waals surface area contributed by atoms with Gasteiger partial charge in [0, 0.05) is 13.1 Å². The van der Waals surface area contributed by atoms with Crippen LogP contribution in [-0.4, -0.2) is 44.9 Å². The van der Waals surface area contributed by atoms with E-state index in [0.29, 0.717) is 18.4 Å². The van der Waals surface area contributed by atoms with Gasteiger partial charge in [0.2, 0.25) is 5.91 Å². The van der Waals surface area contributed by atoms with E-state index < -0.39 is 28.6 Å². The summed E-state index contributed by atoms with van der Waals surface area (Å²) >= 11 is 1.11. The molecule has 1 fully saturated rings. The lowest BCUT2D eigenvalue weighted by atomic mass is 10.1. The number of carbonyl (C=O) groups is 1. The SMILES string of the molecule is COc1cc(CNC(=O)[C@@H]2CCCN2S(=O)(=O)c2cccs2)ccc1OC(F)F. The van der Waals surface area contributed by atoms with Crippen molar-refractivity contribution in [3.8, 4) is 11.5 Å². The summed E-state index contributed by atoms with van der Waals surface area (Å²) < 4.78 is 61.2. The molecular formula is C18H20F2N2O5S2. The minimum atomic E-state index is -3.72. The number of hydrogen-bond acceptors (Lipinski definition) is 6. The number of amides is 1. The van der Waals surface area contributed by atoms with Crippen LogP contribution < -0.4 is 14.8 Å². The normalized spacial score (nSPS) is 17.4. The van der Waals surface area contributed by atoms with E-state index in [1.54, 1.807) is 11.4 Å². The van der Waals surface area contributed by atoms with Gasteiger partial charge in [-0.15, -0.1) is 11.3 Å². The Bertz CT molecular complexity index is 951. The first-order valence-electron chi connectivity index (χ1n) is 8.77. The molecule has 0 radical (unpaired) electrons. The van der Waals surface area contributed by atoms with Crippen molar-refractivity contribution in [1.29, 1.82) is 0 Å². The zero-order valence-corrected chi connectivity index (χ0v) is 17.1. The van der Waals surface area contributed by atoms with Crippen LogP contribution in [-0.2, 0) is 21.4 Å². The predicted molar refractivity (Wildman–Crippen MR) is 103 cm³/mol. The van der Waals surface area contributed by atoms with Crippen LogP contribution in [0.2, 0.25) is 0 Å². The second-order valence-electron chi connectivity index (χ2n) is 6.29. The van der Waals surface area contributed by atoms with E-state index in [0.717, 1.165) is 11.3 Å². The first-order chi connectivity index (χ1) is 13.8. The Morgan fingerprint density at radius 2 is 2.14 bits per heavy atom. The van der Waals surface area contributed by atoms with Crippen molar-refractivity contribution in [3.05, 3.63) is 41.3 Å². The maximum Gasteiger partial charge on any atom is 0.387 e. The van der Waals surface area contributed by atoms with Gasteiger partial charge in [0.25, 0.3) is 10.0 Å². The van der Waals surface area contributed by atoms with Crippen LogP contribution in [0.15, 0.2) is 39.9 Å². The number of hydrogen-bond donors (Lipinski definition) is 1. The number of benzene rings is 1. The number of nitrogens with one attached hydrogen (secondary N) is 1. The average Bonchev–Trinajstić information content (AvgIpc) is 3.38. The third-order valence-electron chi connectivity index (χ3n) is 4.48. The lowest BCUT2D eigenvalue weighted by molar-refractivity contribution is -0.124. The smallest absolute Gasteiger partial charge is 0.387 e. The van der Waals surface area contributed by atoms with Crippen LogP contribution in [0.5, 0.6) is 11.5 Å². The Balaban J connectivity index is 1.67. The van der Waals surface area contributed by atoms with Gasteiger partial charge in [-0.1, -0.05) is 12.1 Å². The molecule has 1 N–H and O–H groups in total. The molecule has 0 unspecified atom stereocenters. The zero-order valence-electron chi connectivity index (χ0n) is 15.5. The summed E-state index contributed by atoms with van der Waals surface area (Å²) in [5.41, 5.74) is 0.600. The van der Waals surface area contributed by atoms with E-state index in [1.807, 2.05) is 0 Å². The van der Waals surface area contributed by atoms with Gasteiger partial charge in [0.05, 0.1) is 7.11 Å². The second kappa shape index (κ2) is 9.06. The van der Waals surface area contributed by atoms with Crippen molar-refractivity contribution in [2.24, 2.45) is 0 Å². The second-order valence-corrected chi connectivity index (χ2v) is 9.35. The molecule has 1 saturated heterocycles. The van der Waals surface area contributed by atoms with Gasteiger partial charge in [-0.2, -0.15) is 13.1 Å². The fraction of sp³-hybridized carbons (Fsp3) is 0.389. The lowest BCUT2D eigenvalue weighted by Crippen LogP contribution is -2.45. The molecule has 29 heavy (non-hydrogen) atoms. The third kappa shape index (κ3) is 4.85. The maximum atomic E-state index is 12.8. The van der Waals surface area contributed by atoms with E-state index in [1.165, 1.54) is 35.7 Å². The van der Waals surface area contributed by atoms with Gasteiger partial charge in [0.15, 0.2) is 11.5 Å². The molecule has 1 aromatic carbocycles. The molecule has 3 rings (SSSR count). The van der Waals surface area contributed by atoms with Crippen LogP contribution >= 0.6 is 11.3 Å². The van der Waals surface area contributed by atoms with Crippen LogP contribution in [0.3, 0.4) is 0 Å². The number of halogens is 2. The van der Waals surface area contributed by atoms with Gasteiger partial charge in [-0.25, -0.2) is 8.42 Å². The highest BCUT2D eigenvalue weighted by atomic mass is 32.2. The molecule has 2 heterocycles. The number of sulfonamides is 1. The van der Waals surface area contributed by atoms with E-state index in [4.69, 9.17) is 4.74 Å². The lowest BCUT2D eigenvalue weighted by Gasteiger charge is -2.22. The molecule has 1 aliphatic heterocycles. The summed E-state index contributed by atoms with van der Waals surface area (Å²) in [6, 6.07) is 6.71. The first-order valence-corrected chi connectivity index (χ1v) is 11.1.